The van der Waals surface area contributed by atoms with Crippen molar-refractivity contribution in [3.05, 3.63) is 53.4 Å². The van der Waals surface area contributed by atoms with Crippen molar-refractivity contribution in [3.8, 4) is 28.7 Å². The average molecular weight is 328 g/mol. The molecule has 0 aliphatic rings. The lowest BCUT2D eigenvalue weighted by Crippen LogP contribution is -2.04. The summed E-state index contributed by atoms with van der Waals surface area (Å²) in [6.07, 6.45) is 0. The summed E-state index contributed by atoms with van der Waals surface area (Å²) >= 11 is 0. The van der Waals surface area contributed by atoms with Crippen LogP contribution in [0.5, 0.6) is 5.75 Å². The van der Waals surface area contributed by atoms with E-state index in [1.807, 2.05) is 0 Å². The van der Waals surface area contributed by atoms with Gasteiger partial charge in [0, 0.05) is 5.56 Å². The van der Waals surface area contributed by atoms with E-state index < -0.39 is 40.5 Å². The number of aromatic nitrogens is 2. The largest absolute Gasteiger partial charge is 0.508 e. The predicted molar refractivity (Wildman–Crippen MR) is 66.6 cm³/mol. The fraction of sp³-hybridized carbons (Fsp3) is 0. The highest BCUT2D eigenvalue weighted by Crippen LogP contribution is 2.32. The molecule has 1 heterocycles. The lowest BCUT2D eigenvalue weighted by atomic mass is 10.1. The third kappa shape index (κ3) is 2.39. The molecule has 0 radical (unpaired) electrons. The highest BCUT2D eigenvalue weighted by Gasteiger charge is 2.29. The standard InChI is InChI=1S/C14H5F5N2O2/c15-8-7(9(16)11(18)12(19)10(8)17)14-21-20-13(23-14)5-1-3-6(22)4-2-5/h1-4,22H. The van der Waals surface area contributed by atoms with Gasteiger partial charge in [-0.05, 0) is 24.3 Å². The molecule has 1 N–H and O–H groups in total. The number of benzene rings is 2. The summed E-state index contributed by atoms with van der Waals surface area (Å²) in [6, 6.07) is 5.31. The Balaban J connectivity index is 2.13. The summed E-state index contributed by atoms with van der Waals surface area (Å²) in [5, 5.41) is 16.0. The van der Waals surface area contributed by atoms with Gasteiger partial charge in [-0.1, -0.05) is 0 Å². The zero-order valence-electron chi connectivity index (χ0n) is 10.9. The zero-order valence-corrected chi connectivity index (χ0v) is 10.9. The van der Waals surface area contributed by atoms with Gasteiger partial charge >= 0.3 is 0 Å². The van der Waals surface area contributed by atoms with Crippen molar-refractivity contribution in [2.45, 2.75) is 0 Å². The van der Waals surface area contributed by atoms with E-state index in [2.05, 4.69) is 10.2 Å². The fourth-order valence-electron chi connectivity index (χ4n) is 1.84. The van der Waals surface area contributed by atoms with Crippen molar-refractivity contribution in [3.63, 3.8) is 0 Å². The fourth-order valence-corrected chi connectivity index (χ4v) is 1.84. The Bertz CT molecular complexity index is 864. The molecular weight excluding hydrogens is 323 g/mol. The summed E-state index contributed by atoms with van der Waals surface area (Å²) in [5.41, 5.74) is -1.02. The van der Waals surface area contributed by atoms with E-state index in [1.54, 1.807) is 0 Å². The quantitative estimate of drug-likeness (QED) is 0.441. The second kappa shape index (κ2) is 5.34. The highest BCUT2D eigenvalue weighted by atomic mass is 19.2. The van der Waals surface area contributed by atoms with Gasteiger partial charge in [-0.3, -0.25) is 0 Å². The molecule has 3 rings (SSSR count). The molecule has 0 unspecified atom stereocenters. The topological polar surface area (TPSA) is 59.2 Å². The molecule has 0 aliphatic heterocycles. The molecular formula is C14H5F5N2O2. The smallest absolute Gasteiger partial charge is 0.254 e. The van der Waals surface area contributed by atoms with Crippen molar-refractivity contribution >= 4 is 0 Å². The third-order valence-corrected chi connectivity index (χ3v) is 2.96. The summed E-state index contributed by atoms with van der Waals surface area (Å²) in [4.78, 5) is 0. The van der Waals surface area contributed by atoms with Crippen LogP contribution in [0.25, 0.3) is 22.9 Å². The summed E-state index contributed by atoms with van der Waals surface area (Å²) in [7, 11) is 0. The molecule has 23 heavy (non-hydrogen) atoms. The minimum atomic E-state index is -2.28. The van der Waals surface area contributed by atoms with Gasteiger partial charge in [0.05, 0.1) is 0 Å². The number of rotatable bonds is 2. The number of phenolic OH excluding ortho intramolecular Hbond substituents is 1. The molecule has 4 nitrogen and oxygen atoms in total. The first-order chi connectivity index (χ1) is 10.9. The Hall–Kier alpha value is -2.97. The number of halogens is 5. The van der Waals surface area contributed by atoms with Crippen molar-refractivity contribution in [1.82, 2.24) is 10.2 Å². The Kier molecular flexibility index (Phi) is 3.47. The summed E-state index contributed by atoms with van der Waals surface area (Å²) in [6.45, 7) is 0. The molecule has 0 aliphatic carbocycles. The molecule has 0 spiro atoms. The number of nitrogens with zero attached hydrogens (tertiary/aromatic N) is 2. The van der Waals surface area contributed by atoms with Crippen molar-refractivity contribution in [2.75, 3.05) is 0 Å². The zero-order chi connectivity index (χ0) is 16.7. The molecule has 2 aromatic carbocycles. The van der Waals surface area contributed by atoms with Crippen LogP contribution in [-0.4, -0.2) is 15.3 Å². The molecule has 118 valence electrons. The molecule has 0 saturated carbocycles. The average Bonchev–Trinajstić information content (AvgIpc) is 3.01. The van der Waals surface area contributed by atoms with Gasteiger partial charge in [-0.25, -0.2) is 22.0 Å². The SMILES string of the molecule is Oc1ccc(-c2nnc(-c3c(F)c(F)c(F)c(F)c3F)o2)cc1. The highest BCUT2D eigenvalue weighted by molar-refractivity contribution is 5.59. The molecule has 0 amide bonds. The van der Waals surface area contributed by atoms with E-state index in [1.165, 1.54) is 24.3 Å². The molecule has 1 aromatic heterocycles. The van der Waals surface area contributed by atoms with E-state index in [0.717, 1.165) is 0 Å². The second-order valence-electron chi connectivity index (χ2n) is 4.40. The third-order valence-electron chi connectivity index (χ3n) is 2.96. The number of phenols is 1. The van der Waals surface area contributed by atoms with Gasteiger partial charge < -0.3 is 9.52 Å². The van der Waals surface area contributed by atoms with Crippen LogP contribution in [-0.2, 0) is 0 Å². The van der Waals surface area contributed by atoms with Crippen molar-refractivity contribution < 1.29 is 31.5 Å². The Labute approximate surface area is 124 Å². The minimum absolute atomic E-state index is 0.0479. The lowest BCUT2D eigenvalue weighted by Gasteiger charge is -2.04. The van der Waals surface area contributed by atoms with Crippen LogP contribution in [0.15, 0.2) is 28.7 Å². The first kappa shape index (κ1) is 14.9. The normalized spacial score (nSPS) is 11.0. The minimum Gasteiger partial charge on any atom is -0.508 e. The van der Waals surface area contributed by atoms with Crippen LogP contribution in [0.1, 0.15) is 0 Å². The molecule has 0 fully saturated rings. The van der Waals surface area contributed by atoms with Crippen LogP contribution in [0, 0.1) is 29.1 Å². The van der Waals surface area contributed by atoms with Gasteiger partial charge in [0.1, 0.15) is 11.3 Å². The van der Waals surface area contributed by atoms with E-state index in [0.29, 0.717) is 0 Å². The van der Waals surface area contributed by atoms with Crippen LogP contribution >= 0.6 is 0 Å². The summed E-state index contributed by atoms with van der Waals surface area (Å²) < 4.78 is 71.7. The number of aromatic hydroxyl groups is 1. The van der Waals surface area contributed by atoms with Gasteiger partial charge in [-0.2, -0.15) is 0 Å². The molecule has 3 aromatic rings. The maximum atomic E-state index is 13.7. The van der Waals surface area contributed by atoms with Crippen LogP contribution in [0.3, 0.4) is 0 Å². The monoisotopic (exact) mass is 328 g/mol. The maximum absolute atomic E-state index is 13.7. The molecule has 0 saturated heterocycles. The van der Waals surface area contributed by atoms with E-state index >= 15 is 0 Å². The van der Waals surface area contributed by atoms with Crippen molar-refractivity contribution in [2.24, 2.45) is 0 Å². The van der Waals surface area contributed by atoms with Crippen molar-refractivity contribution in [1.29, 1.82) is 0 Å². The van der Waals surface area contributed by atoms with Gasteiger partial charge in [0.15, 0.2) is 23.3 Å². The first-order valence-corrected chi connectivity index (χ1v) is 6.05. The molecule has 0 atom stereocenters. The molecule has 9 heteroatoms. The second-order valence-corrected chi connectivity index (χ2v) is 4.40. The van der Waals surface area contributed by atoms with Crippen LogP contribution < -0.4 is 0 Å². The number of hydrogen-bond donors (Lipinski definition) is 1. The Morgan fingerprint density at radius 3 is 1.74 bits per heavy atom. The Morgan fingerprint density at radius 2 is 1.17 bits per heavy atom. The van der Waals surface area contributed by atoms with Gasteiger partial charge in [0.2, 0.25) is 11.7 Å². The molecule has 0 bridgehead atoms. The summed E-state index contributed by atoms with van der Waals surface area (Å²) in [5.74, 6) is -11.8. The van der Waals surface area contributed by atoms with Crippen LogP contribution in [0.4, 0.5) is 22.0 Å². The van der Waals surface area contributed by atoms with Crippen LogP contribution in [0.2, 0.25) is 0 Å². The number of hydrogen-bond acceptors (Lipinski definition) is 4. The first-order valence-electron chi connectivity index (χ1n) is 6.05. The van der Waals surface area contributed by atoms with Gasteiger partial charge in [-0.15, -0.1) is 10.2 Å². The lowest BCUT2D eigenvalue weighted by molar-refractivity contribution is 0.378. The Morgan fingerprint density at radius 1 is 0.696 bits per heavy atom. The van der Waals surface area contributed by atoms with E-state index in [-0.39, 0.29) is 17.2 Å². The van der Waals surface area contributed by atoms with E-state index in [4.69, 9.17) is 9.52 Å². The van der Waals surface area contributed by atoms with E-state index in [9.17, 15) is 22.0 Å². The predicted octanol–water partition coefficient (Wildman–Crippen LogP) is 3.80. The maximum Gasteiger partial charge on any atom is 0.254 e. The van der Waals surface area contributed by atoms with Gasteiger partial charge in [0.25, 0.3) is 5.89 Å².